The molecule has 0 spiro atoms. The molecule has 0 radical (unpaired) electrons. The third-order valence-electron chi connectivity index (χ3n) is 2.93. The van der Waals surface area contributed by atoms with Gasteiger partial charge in [0.05, 0.1) is 12.6 Å². The Morgan fingerprint density at radius 1 is 1.47 bits per heavy atom. The summed E-state index contributed by atoms with van der Waals surface area (Å²) in [4.78, 5) is 13.2. The van der Waals surface area contributed by atoms with Crippen LogP contribution in [-0.4, -0.2) is 50.3 Å². The SMILES string of the molecule is NS(=O)(=O)C1CC(=O)N([C@@H]2CCOC2)C1. The van der Waals surface area contributed by atoms with Crippen LogP contribution < -0.4 is 5.14 Å². The van der Waals surface area contributed by atoms with Crippen LogP contribution in [-0.2, 0) is 19.6 Å². The first kappa shape index (κ1) is 10.8. The lowest BCUT2D eigenvalue weighted by molar-refractivity contribution is -0.129. The van der Waals surface area contributed by atoms with Crippen molar-refractivity contribution < 1.29 is 17.9 Å². The molecule has 6 nitrogen and oxygen atoms in total. The zero-order valence-electron chi connectivity index (χ0n) is 8.26. The number of primary sulfonamides is 1. The summed E-state index contributed by atoms with van der Waals surface area (Å²) in [5.74, 6) is -0.135. The van der Waals surface area contributed by atoms with Crippen molar-refractivity contribution in [1.29, 1.82) is 0 Å². The summed E-state index contributed by atoms with van der Waals surface area (Å²) in [7, 11) is -3.60. The fraction of sp³-hybridized carbons (Fsp3) is 0.875. The van der Waals surface area contributed by atoms with E-state index in [4.69, 9.17) is 9.88 Å². The summed E-state index contributed by atoms with van der Waals surface area (Å²) in [6.07, 6.45) is 0.790. The van der Waals surface area contributed by atoms with Gasteiger partial charge in [-0.1, -0.05) is 0 Å². The van der Waals surface area contributed by atoms with Gasteiger partial charge in [-0.05, 0) is 6.42 Å². The minimum Gasteiger partial charge on any atom is -0.379 e. The summed E-state index contributed by atoms with van der Waals surface area (Å²) in [6.45, 7) is 1.35. The van der Waals surface area contributed by atoms with Gasteiger partial charge in [-0.25, -0.2) is 13.6 Å². The number of hydrogen-bond acceptors (Lipinski definition) is 4. The molecule has 1 unspecified atom stereocenters. The van der Waals surface area contributed by atoms with Gasteiger partial charge in [-0.2, -0.15) is 0 Å². The lowest BCUT2D eigenvalue weighted by atomic mass is 10.2. The van der Waals surface area contributed by atoms with E-state index in [0.29, 0.717) is 13.2 Å². The van der Waals surface area contributed by atoms with E-state index >= 15 is 0 Å². The van der Waals surface area contributed by atoms with Gasteiger partial charge < -0.3 is 9.64 Å². The first-order valence-electron chi connectivity index (χ1n) is 4.87. The molecule has 0 saturated carbocycles. The topological polar surface area (TPSA) is 89.7 Å². The highest BCUT2D eigenvalue weighted by molar-refractivity contribution is 7.89. The van der Waals surface area contributed by atoms with Crippen LogP contribution in [0.4, 0.5) is 0 Å². The van der Waals surface area contributed by atoms with Crippen LogP contribution >= 0.6 is 0 Å². The van der Waals surface area contributed by atoms with Crippen molar-refractivity contribution >= 4 is 15.9 Å². The average Bonchev–Trinajstić information content (AvgIpc) is 2.69. The van der Waals surface area contributed by atoms with Crippen molar-refractivity contribution in [3.05, 3.63) is 0 Å². The molecule has 0 bridgehead atoms. The molecule has 86 valence electrons. The van der Waals surface area contributed by atoms with Crippen LogP contribution in [0.25, 0.3) is 0 Å². The predicted molar refractivity (Wildman–Crippen MR) is 52.4 cm³/mol. The van der Waals surface area contributed by atoms with E-state index in [0.717, 1.165) is 6.42 Å². The van der Waals surface area contributed by atoms with Crippen LogP contribution in [0.3, 0.4) is 0 Å². The second kappa shape index (κ2) is 3.73. The number of amides is 1. The van der Waals surface area contributed by atoms with Gasteiger partial charge in [0.2, 0.25) is 15.9 Å². The number of carbonyl (C=O) groups excluding carboxylic acids is 1. The van der Waals surface area contributed by atoms with Gasteiger partial charge >= 0.3 is 0 Å². The Kier molecular flexibility index (Phi) is 2.70. The van der Waals surface area contributed by atoms with E-state index < -0.39 is 15.3 Å². The number of likely N-dealkylation sites (tertiary alicyclic amines) is 1. The molecular formula is C8H14N2O4S. The van der Waals surface area contributed by atoms with Crippen molar-refractivity contribution in [3.8, 4) is 0 Å². The molecule has 2 aliphatic heterocycles. The maximum atomic E-state index is 11.6. The quantitative estimate of drug-likeness (QED) is 0.640. The van der Waals surface area contributed by atoms with Gasteiger partial charge in [0.1, 0.15) is 5.25 Å². The largest absolute Gasteiger partial charge is 0.379 e. The third kappa shape index (κ3) is 2.14. The summed E-state index contributed by atoms with van der Waals surface area (Å²) in [5.41, 5.74) is 0. The fourth-order valence-corrected chi connectivity index (χ4v) is 2.78. The van der Waals surface area contributed by atoms with Gasteiger partial charge in [0.15, 0.2) is 0 Å². The van der Waals surface area contributed by atoms with E-state index in [9.17, 15) is 13.2 Å². The molecule has 7 heteroatoms. The van der Waals surface area contributed by atoms with E-state index in [1.807, 2.05) is 0 Å². The predicted octanol–water partition coefficient (Wildman–Crippen LogP) is -1.34. The Labute approximate surface area is 88.4 Å². The van der Waals surface area contributed by atoms with Crippen LogP contribution in [0, 0.1) is 0 Å². The van der Waals surface area contributed by atoms with Gasteiger partial charge in [-0.3, -0.25) is 4.79 Å². The Balaban J connectivity index is 2.07. The monoisotopic (exact) mass is 234 g/mol. The minimum atomic E-state index is -3.60. The molecule has 1 amide bonds. The number of nitrogens with zero attached hydrogens (tertiary/aromatic N) is 1. The molecule has 2 heterocycles. The molecular weight excluding hydrogens is 220 g/mol. The lowest BCUT2D eigenvalue weighted by Gasteiger charge is -2.22. The van der Waals surface area contributed by atoms with Crippen molar-refractivity contribution in [3.63, 3.8) is 0 Å². The molecule has 2 saturated heterocycles. The summed E-state index contributed by atoms with van der Waals surface area (Å²) in [6, 6.07) is 0.0317. The second-order valence-electron chi connectivity index (χ2n) is 3.98. The average molecular weight is 234 g/mol. The smallest absolute Gasteiger partial charge is 0.224 e. The van der Waals surface area contributed by atoms with Crippen molar-refractivity contribution in [2.75, 3.05) is 19.8 Å². The zero-order valence-corrected chi connectivity index (χ0v) is 9.07. The molecule has 0 aliphatic carbocycles. The van der Waals surface area contributed by atoms with Gasteiger partial charge in [-0.15, -0.1) is 0 Å². The van der Waals surface area contributed by atoms with E-state index in [1.165, 1.54) is 0 Å². The highest BCUT2D eigenvalue weighted by atomic mass is 32.2. The maximum Gasteiger partial charge on any atom is 0.224 e. The second-order valence-corrected chi connectivity index (χ2v) is 5.82. The highest BCUT2D eigenvalue weighted by Gasteiger charge is 2.40. The first-order chi connectivity index (χ1) is 6.98. The lowest BCUT2D eigenvalue weighted by Crippen LogP contribution is -2.38. The number of rotatable bonds is 2. The van der Waals surface area contributed by atoms with Crippen molar-refractivity contribution in [1.82, 2.24) is 4.90 Å². The molecule has 0 aromatic rings. The molecule has 0 aromatic heterocycles. The standard InChI is InChI=1S/C8H14N2O4S/c9-15(12,13)7-3-8(11)10(4-7)6-1-2-14-5-6/h6-7H,1-5H2,(H2,9,12,13)/t6-,7?/m1/s1. The Hall–Kier alpha value is -0.660. The molecule has 15 heavy (non-hydrogen) atoms. The Morgan fingerprint density at radius 3 is 2.67 bits per heavy atom. The van der Waals surface area contributed by atoms with Crippen molar-refractivity contribution in [2.45, 2.75) is 24.1 Å². The number of ether oxygens (including phenoxy) is 1. The van der Waals surface area contributed by atoms with E-state index in [1.54, 1.807) is 4.90 Å². The first-order valence-corrected chi connectivity index (χ1v) is 6.48. The van der Waals surface area contributed by atoms with Crippen LogP contribution in [0.1, 0.15) is 12.8 Å². The maximum absolute atomic E-state index is 11.6. The highest BCUT2D eigenvalue weighted by Crippen LogP contribution is 2.22. The fourth-order valence-electron chi connectivity index (χ4n) is 2.04. The minimum absolute atomic E-state index is 0.00926. The summed E-state index contributed by atoms with van der Waals surface area (Å²) < 4.78 is 27.4. The molecule has 2 fully saturated rings. The van der Waals surface area contributed by atoms with Crippen LogP contribution in [0.2, 0.25) is 0 Å². The normalized spacial score (nSPS) is 32.6. The number of nitrogens with two attached hydrogens (primary N) is 1. The molecule has 2 atom stereocenters. The number of sulfonamides is 1. The molecule has 0 aromatic carbocycles. The number of carbonyl (C=O) groups is 1. The Morgan fingerprint density at radius 2 is 2.20 bits per heavy atom. The van der Waals surface area contributed by atoms with E-state index in [2.05, 4.69) is 0 Å². The van der Waals surface area contributed by atoms with Crippen LogP contribution in [0.15, 0.2) is 0 Å². The molecule has 2 N–H and O–H groups in total. The van der Waals surface area contributed by atoms with Gasteiger partial charge in [0.25, 0.3) is 0 Å². The number of hydrogen-bond donors (Lipinski definition) is 1. The van der Waals surface area contributed by atoms with E-state index in [-0.39, 0.29) is 24.9 Å². The molecule has 2 rings (SSSR count). The molecule has 2 aliphatic rings. The Bertz CT molecular complexity index is 361. The zero-order chi connectivity index (χ0) is 11.1. The van der Waals surface area contributed by atoms with Crippen molar-refractivity contribution in [2.24, 2.45) is 5.14 Å². The van der Waals surface area contributed by atoms with Crippen LogP contribution in [0.5, 0.6) is 0 Å². The van der Waals surface area contributed by atoms with Gasteiger partial charge in [0, 0.05) is 19.6 Å². The summed E-state index contributed by atoms with van der Waals surface area (Å²) in [5, 5.41) is 4.28. The summed E-state index contributed by atoms with van der Waals surface area (Å²) >= 11 is 0. The third-order valence-corrected chi connectivity index (χ3v) is 4.18.